The van der Waals surface area contributed by atoms with Crippen LogP contribution < -0.4 is 11.3 Å². The summed E-state index contributed by atoms with van der Waals surface area (Å²) in [7, 11) is 0. The first-order valence-electron chi connectivity index (χ1n) is 6.02. The van der Waals surface area contributed by atoms with Crippen molar-refractivity contribution < 1.29 is 0 Å². The normalized spacial score (nSPS) is 17.2. The molecule has 3 rings (SSSR count). The first-order valence-corrected chi connectivity index (χ1v) is 6.84. The highest BCUT2D eigenvalue weighted by Gasteiger charge is 2.23. The van der Waals surface area contributed by atoms with Crippen molar-refractivity contribution in [3.8, 4) is 0 Å². The number of fused-ring (bicyclic) bond motifs is 1. The first kappa shape index (κ1) is 11.8. The van der Waals surface area contributed by atoms with Gasteiger partial charge in [-0.05, 0) is 6.42 Å². The van der Waals surface area contributed by atoms with Crippen molar-refractivity contribution in [1.82, 2.24) is 19.5 Å². The molecule has 1 aliphatic heterocycles. The third kappa shape index (κ3) is 2.05. The average molecular weight is 265 g/mol. The number of rotatable bonds is 3. The van der Waals surface area contributed by atoms with Crippen molar-refractivity contribution in [2.45, 2.75) is 25.9 Å². The number of likely N-dealkylation sites (tertiary alicyclic amines) is 1. The molecule has 2 aromatic heterocycles. The molecular weight excluding hydrogens is 250 g/mol. The molecule has 0 saturated carbocycles. The van der Waals surface area contributed by atoms with Gasteiger partial charge in [0.25, 0.3) is 5.56 Å². The van der Waals surface area contributed by atoms with Crippen molar-refractivity contribution in [3.05, 3.63) is 27.1 Å². The molecule has 0 aromatic carbocycles. The van der Waals surface area contributed by atoms with Gasteiger partial charge in [-0.2, -0.15) is 9.61 Å². The predicted octanol–water partition coefficient (Wildman–Crippen LogP) is -0.144. The lowest BCUT2D eigenvalue weighted by atomic mass is 10.1. The topological polar surface area (TPSA) is 76.5 Å². The van der Waals surface area contributed by atoms with Crippen molar-refractivity contribution in [3.63, 3.8) is 0 Å². The van der Waals surface area contributed by atoms with Crippen LogP contribution in [-0.2, 0) is 13.0 Å². The molecule has 3 heterocycles. The van der Waals surface area contributed by atoms with E-state index in [2.05, 4.69) is 15.0 Å². The lowest BCUT2D eigenvalue weighted by Crippen LogP contribution is -2.55. The maximum absolute atomic E-state index is 11.9. The molecule has 0 amide bonds. The van der Waals surface area contributed by atoms with Gasteiger partial charge in [0, 0.05) is 31.7 Å². The minimum Gasteiger partial charge on any atom is -0.325 e. The first-order chi connectivity index (χ1) is 8.65. The Kier molecular flexibility index (Phi) is 2.89. The summed E-state index contributed by atoms with van der Waals surface area (Å²) < 4.78 is 1.38. The van der Waals surface area contributed by atoms with Gasteiger partial charge in [-0.1, -0.05) is 18.3 Å². The van der Waals surface area contributed by atoms with Gasteiger partial charge in [0.2, 0.25) is 4.96 Å². The standard InChI is InChI=1S/C11H15N5OS/c1-2-9-14-16-10(17)3-8(13-11(16)18-9)6-15-4-7(12)5-15/h3,7H,2,4-6,12H2,1H3. The highest BCUT2D eigenvalue weighted by molar-refractivity contribution is 7.16. The van der Waals surface area contributed by atoms with E-state index in [1.165, 1.54) is 15.9 Å². The van der Waals surface area contributed by atoms with E-state index < -0.39 is 0 Å². The van der Waals surface area contributed by atoms with Crippen molar-refractivity contribution in [2.75, 3.05) is 13.1 Å². The highest BCUT2D eigenvalue weighted by atomic mass is 32.1. The van der Waals surface area contributed by atoms with Crippen molar-refractivity contribution in [2.24, 2.45) is 5.73 Å². The van der Waals surface area contributed by atoms with E-state index in [0.717, 1.165) is 30.2 Å². The van der Waals surface area contributed by atoms with Gasteiger partial charge < -0.3 is 5.73 Å². The summed E-state index contributed by atoms with van der Waals surface area (Å²) in [5.74, 6) is 0. The summed E-state index contributed by atoms with van der Waals surface area (Å²) >= 11 is 1.48. The molecule has 0 unspecified atom stereocenters. The number of nitrogens with zero attached hydrogens (tertiary/aromatic N) is 4. The Balaban J connectivity index is 1.91. The third-order valence-electron chi connectivity index (χ3n) is 3.01. The molecule has 0 radical (unpaired) electrons. The minimum atomic E-state index is -0.101. The zero-order chi connectivity index (χ0) is 12.7. The van der Waals surface area contributed by atoms with Gasteiger partial charge >= 0.3 is 0 Å². The fraction of sp³-hybridized carbons (Fsp3) is 0.545. The highest BCUT2D eigenvalue weighted by Crippen LogP contribution is 2.14. The van der Waals surface area contributed by atoms with Crippen molar-refractivity contribution >= 4 is 16.3 Å². The van der Waals surface area contributed by atoms with Crippen molar-refractivity contribution in [1.29, 1.82) is 0 Å². The van der Waals surface area contributed by atoms with Crippen LogP contribution in [0.3, 0.4) is 0 Å². The molecule has 6 nitrogen and oxygen atoms in total. The summed E-state index contributed by atoms with van der Waals surface area (Å²) in [6, 6.07) is 1.83. The molecule has 96 valence electrons. The molecule has 0 bridgehead atoms. The van der Waals surface area contributed by atoms with E-state index in [0.29, 0.717) is 11.5 Å². The van der Waals surface area contributed by atoms with Crippen LogP contribution in [0, 0.1) is 0 Å². The lowest BCUT2D eigenvalue weighted by molar-refractivity contribution is 0.140. The van der Waals surface area contributed by atoms with Crippen LogP contribution in [0.15, 0.2) is 10.9 Å². The zero-order valence-corrected chi connectivity index (χ0v) is 11.0. The average Bonchev–Trinajstić information content (AvgIpc) is 2.70. The van der Waals surface area contributed by atoms with E-state index in [1.807, 2.05) is 6.92 Å². The van der Waals surface area contributed by atoms with Gasteiger partial charge in [-0.3, -0.25) is 9.69 Å². The Morgan fingerprint density at radius 1 is 1.56 bits per heavy atom. The van der Waals surface area contributed by atoms with Gasteiger partial charge in [0.15, 0.2) is 0 Å². The molecule has 1 fully saturated rings. The minimum absolute atomic E-state index is 0.101. The molecule has 2 aromatic rings. The Morgan fingerprint density at radius 3 is 3.00 bits per heavy atom. The monoisotopic (exact) mass is 265 g/mol. The molecule has 0 atom stereocenters. The van der Waals surface area contributed by atoms with Crippen LogP contribution in [-0.4, -0.2) is 38.6 Å². The van der Waals surface area contributed by atoms with E-state index in [-0.39, 0.29) is 11.6 Å². The molecule has 1 aliphatic rings. The Bertz CT molecular complexity index is 628. The number of hydrogen-bond donors (Lipinski definition) is 1. The molecule has 18 heavy (non-hydrogen) atoms. The fourth-order valence-electron chi connectivity index (χ4n) is 2.09. The van der Waals surface area contributed by atoms with Gasteiger partial charge in [0.05, 0.1) is 5.69 Å². The maximum atomic E-state index is 11.9. The second-order valence-corrected chi connectivity index (χ2v) is 5.62. The summed E-state index contributed by atoms with van der Waals surface area (Å²) in [6.07, 6.45) is 0.823. The molecule has 7 heteroatoms. The van der Waals surface area contributed by atoms with Crippen LogP contribution in [0.4, 0.5) is 0 Å². The second-order valence-electron chi connectivity index (χ2n) is 4.58. The fourth-order valence-corrected chi connectivity index (χ4v) is 2.95. The van der Waals surface area contributed by atoms with Gasteiger partial charge in [0.1, 0.15) is 5.01 Å². The summed E-state index contributed by atoms with van der Waals surface area (Å²) in [5, 5.41) is 5.16. The summed E-state index contributed by atoms with van der Waals surface area (Å²) in [4.78, 5) is 19.3. The predicted molar refractivity (Wildman–Crippen MR) is 69.8 cm³/mol. The second kappa shape index (κ2) is 4.42. The Morgan fingerprint density at radius 2 is 2.33 bits per heavy atom. The number of aromatic nitrogens is 3. The zero-order valence-electron chi connectivity index (χ0n) is 10.2. The number of aryl methyl sites for hydroxylation is 1. The Labute approximate surface area is 108 Å². The quantitative estimate of drug-likeness (QED) is 0.835. The van der Waals surface area contributed by atoms with E-state index in [1.54, 1.807) is 6.07 Å². The van der Waals surface area contributed by atoms with Gasteiger partial charge in [-0.15, -0.1) is 0 Å². The molecular formula is C11H15N5OS. The van der Waals surface area contributed by atoms with Crippen LogP contribution in [0.5, 0.6) is 0 Å². The van der Waals surface area contributed by atoms with E-state index in [9.17, 15) is 4.79 Å². The van der Waals surface area contributed by atoms with Crippen LogP contribution in [0.2, 0.25) is 0 Å². The Hall–Kier alpha value is -1.31. The smallest absolute Gasteiger partial charge is 0.275 e. The number of hydrogen-bond acceptors (Lipinski definition) is 6. The molecule has 0 aliphatic carbocycles. The molecule has 2 N–H and O–H groups in total. The third-order valence-corrected chi connectivity index (χ3v) is 4.07. The summed E-state index contributed by atoms with van der Waals surface area (Å²) in [5.41, 5.74) is 6.43. The van der Waals surface area contributed by atoms with Gasteiger partial charge in [-0.25, -0.2) is 4.98 Å². The SMILES string of the molecule is CCc1nn2c(=O)cc(CN3CC(N)C3)nc2s1. The van der Waals surface area contributed by atoms with Crippen LogP contribution in [0.1, 0.15) is 17.6 Å². The van der Waals surface area contributed by atoms with Crippen LogP contribution >= 0.6 is 11.3 Å². The molecule has 1 saturated heterocycles. The van der Waals surface area contributed by atoms with Crippen LogP contribution in [0.25, 0.3) is 4.96 Å². The van der Waals surface area contributed by atoms with E-state index >= 15 is 0 Å². The maximum Gasteiger partial charge on any atom is 0.275 e. The summed E-state index contributed by atoms with van der Waals surface area (Å²) in [6.45, 7) is 4.47. The largest absolute Gasteiger partial charge is 0.325 e. The lowest BCUT2D eigenvalue weighted by Gasteiger charge is -2.36. The molecule has 0 spiro atoms. The number of nitrogens with two attached hydrogens (primary N) is 1. The van der Waals surface area contributed by atoms with E-state index in [4.69, 9.17) is 5.73 Å².